The standard InChI is InChI=1S/C21H24O3/c1-3-4-6-14-24-21-12-11-19-15-18(9-10-20(19)16-21)8-5-7-13-23-17(2)22/h9-12,15-16H,3-4,6-7,13-14H2,1-2H3. The summed E-state index contributed by atoms with van der Waals surface area (Å²) in [6, 6.07) is 12.3. The Morgan fingerprint density at radius 2 is 1.83 bits per heavy atom. The maximum atomic E-state index is 10.7. The van der Waals surface area contributed by atoms with Crippen LogP contribution in [0.5, 0.6) is 5.75 Å². The molecule has 0 aromatic heterocycles. The van der Waals surface area contributed by atoms with Crippen molar-refractivity contribution in [3.8, 4) is 17.6 Å². The SMILES string of the molecule is CCCCCOc1ccc2cc(C#CCCOC(C)=O)ccc2c1. The fourth-order valence-electron chi connectivity index (χ4n) is 2.34. The molecule has 0 N–H and O–H groups in total. The number of esters is 1. The molecule has 0 saturated heterocycles. The molecule has 0 unspecified atom stereocenters. The van der Waals surface area contributed by atoms with Gasteiger partial charge in [-0.1, -0.05) is 43.7 Å². The molecular weight excluding hydrogens is 300 g/mol. The minimum absolute atomic E-state index is 0.268. The van der Waals surface area contributed by atoms with Crippen LogP contribution in [-0.4, -0.2) is 19.2 Å². The average Bonchev–Trinajstić information content (AvgIpc) is 2.58. The predicted octanol–water partition coefficient (Wildman–Crippen LogP) is 4.71. The van der Waals surface area contributed by atoms with E-state index >= 15 is 0 Å². The van der Waals surface area contributed by atoms with Crippen molar-refractivity contribution in [2.24, 2.45) is 0 Å². The van der Waals surface area contributed by atoms with Gasteiger partial charge in [0.15, 0.2) is 0 Å². The molecule has 0 radical (unpaired) electrons. The van der Waals surface area contributed by atoms with Gasteiger partial charge in [-0.05, 0) is 41.5 Å². The second-order valence-corrected chi connectivity index (χ2v) is 5.67. The van der Waals surface area contributed by atoms with E-state index in [1.165, 1.54) is 19.8 Å². The molecule has 0 aliphatic heterocycles. The van der Waals surface area contributed by atoms with Gasteiger partial charge in [-0.2, -0.15) is 0 Å². The van der Waals surface area contributed by atoms with E-state index in [1.807, 2.05) is 12.1 Å². The highest BCUT2D eigenvalue weighted by Gasteiger charge is 1.99. The fraction of sp³-hybridized carbons (Fsp3) is 0.381. The molecule has 2 rings (SSSR count). The molecule has 0 fully saturated rings. The van der Waals surface area contributed by atoms with E-state index in [9.17, 15) is 4.79 Å². The molecule has 3 nitrogen and oxygen atoms in total. The van der Waals surface area contributed by atoms with Crippen LogP contribution in [0.3, 0.4) is 0 Å². The van der Waals surface area contributed by atoms with Crippen LogP contribution in [0.1, 0.15) is 45.1 Å². The van der Waals surface area contributed by atoms with Crippen molar-refractivity contribution in [2.45, 2.75) is 39.5 Å². The number of hydrogen-bond acceptors (Lipinski definition) is 3. The highest BCUT2D eigenvalue weighted by atomic mass is 16.5. The molecule has 126 valence electrons. The minimum Gasteiger partial charge on any atom is -0.494 e. The van der Waals surface area contributed by atoms with Gasteiger partial charge in [0.1, 0.15) is 12.4 Å². The first-order chi connectivity index (χ1) is 11.7. The van der Waals surface area contributed by atoms with E-state index in [1.54, 1.807) is 0 Å². The summed E-state index contributed by atoms with van der Waals surface area (Å²) < 4.78 is 10.6. The van der Waals surface area contributed by atoms with Gasteiger partial charge >= 0.3 is 5.97 Å². The van der Waals surface area contributed by atoms with Crippen molar-refractivity contribution in [2.75, 3.05) is 13.2 Å². The number of fused-ring (bicyclic) bond motifs is 1. The quantitative estimate of drug-likeness (QED) is 0.420. The second kappa shape index (κ2) is 9.62. The first-order valence-electron chi connectivity index (χ1n) is 8.48. The van der Waals surface area contributed by atoms with Crippen LogP contribution >= 0.6 is 0 Å². The van der Waals surface area contributed by atoms with Crippen LogP contribution in [0.25, 0.3) is 10.8 Å². The number of carbonyl (C=O) groups excluding carboxylic acids is 1. The van der Waals surface area contributed by atoms with Crippen molar-refractivity contribution in [1.29, 1.82) is 0 Å². The number of unbranched alkanes of at least 4 members (excludes halogenated alkanes) is 2. The van der Waals surface area contributed by atoms with E-state index < -0.39 is 0 Å². The van der Waals surface area contributed by atoms with Crippen LogP contribution in [0.2, 0.25) is 0 Å². The summed E-state index contributed by atoms with van der Waals surface area (Å²) >= 11 is 0. The van der Waals surface area contributed by atoms with Crippen molar-refractivity contribution < 1.29 is 14.3 Å². The molecule has 0 spiro atoms. The lowest BCUT2D eigenvalue weighted by molar-refractivity contribution is -0.140. The van der Waals surface area contributed by atoms with Crippen molar-refractivity contribution in [3.05, 3.63) is 42.0 Å². The molecule has 0 aliphatic rings. The van der Waals surface area contributed by atoms with Crippen LogP contribution in [0.4, 0.5) is 0 Å². The Hall–Kier alpha value is -2.47. The number of ether oxygens (including phenoxy) is 2. The summed E-state index contributed by atoms with van der Waals surface area (Å²) in [6.07, 6.45) is 4.04. The first kappa shape index (κ1) is 17.9. The molecule has 0 aliphatic carbocycles. The van der Waals surface area contributed by atoms with E-state index in [-0.39, 0.29) is 5.97 Å². The van der Waals surface area contributed by atoms with Crippen LogP contribution < -0.4 is 4.74 Å². The van der Waals surface area contributed by atoms with Gasteiger partial charge in [-0.25, -0.2) is 0 Å². The Labute approximate surface area is 144 Å². The normalized spacial score (nSPS) is 10.1. The molecule has 0 atom stereocenters. The summed E-state index contributed by atoms with van der Waals surface area (Å²) in [5.74, 6) is 6.77. The van der Waals surface area contributed by atoms with Crippen LogP contribution in [0.15, 0.2) is 36.4 Å². The molecule has 0 saturated carbocycles. The molecule has 0 heterocycles. The Balaban J connectivity index is 1.96. The van der Waals surface area contributed by atoms with E-state index in [2.05, 4.69) is 43.0 Å². The van der Waals surface area contributed by atoms with Gasteiger partial charge in [0.25, 0.3) is 0 Å². The Bertz CT molecular complexity index is 738. The zero-order valence-electron chi connectivity index (χ0n) is 14.4. The second-order valence-electron chi connectivity index (χ2n) is 5.67. The number of benzene rings is 2. The topological polar surface area (TPSA) is 35.5 Å². The highest BCUT2D eigenvalue weighted by Crippen LogP contribution is 2.22. The van der Waals surface area contributed by atoms with E-state index in [4.69, 9.17) is 9.47 Å². The highest BCUT2D eigenvalue weighted by molar-refractivity contribution is 5.85. The summed E-state index contributed by atoms with van der Waals surface area (Å²) in [6.45, 7) is 4.70. The first-order valence-corrected chi connectivity index (χ1v) is 8.48. The summed E-state index contributed by atoms with van der Waals surface area (Å²) in [5.41, 5.74) is 0.960. The predicted molar refractivity (Wildman–Crippen MR) is 97.1 cm³/mol. The number of hydrogen-bond donors (Lipinski definition) is 0. The maximum absolute atomic E-state index is 10.7. The molecule has 0 amide bonds. The Morgan fingerprint density at radius 3 is 2.62 bits per heavy atom. The lowest BCUT2D eigenvalue weighted by atomic mass is 10.1. The fourth-order valence-corrected chi connectivity index (χ4v) is 2.34. The minimum atomic E-state index is -0.268. The Morgan fingerprint density at radius 1 is 1.04 bits per heavy atom. The molecule has 0 bridgehead atoms. The average molecular weight is 324 g/mol. The van der Waals surface area contributed by atoms with Gasteiger partial charge in [-0.3, -0.25) is 4.79 Å². The summed E-state index contributed by atoms with van der Waals surface area (Å²) in [7, 11) is 0. The van der Waals surface area contributed by atoms with E-state index in [0.29, 0.717) is 13.0 Å². The largest absolute Gasteiger partial charge is 0.494 e. The van der Waals surface area contributed by atoms with Gasteiger partial charge in [0.2, 0.25) is 0 Å². The molecular formula is C21H24O3. The monoisotopic (exact) mass is 324 g/mol. The zero-order valence-corrected chi connectivity index (χ0v) is 14.4. The third kappa shape index (κ3) is 5.96. The molecule has 2 aromatic carbocycles. The lowest BCUT2D eigenvalue weighted by Gasteiger charge is -2.07. The van der Waals surface area contributed by atoms with Crippen molar-refractivity contribution in [3.63, 3.8) is 0 Å². The third-order valence-electron chi connectivity index (χ3n) is 3.59. The van der Waals surface area contributed by atoms with Crippen molar-refractivity contribution >= 4 is 16.7 Å². The third-order valence-corrected chi connectivity index (χ3v) is 3.59. The van der Waals surface area contributed by atoms with Gasteiger partial charge in [0.05, 0.1) is 6.61 Å². The molecule has 3 heteroatoms. The van der Waals surface area contributed by atoms with Gasteiger partial charge < -0.3 is 9.47 Å². The van der Waals surface area contributed by atoms with Gasteiger partial charge in [-0.15, -0.1) is 0 Å². The molecule has 2 aromatic rings. The number of carbonyl (C=O) groups is 1. The summed E-state index contributed by atoms with van der Waals surface area (Å²) in [4.78, 5) is 10.7. The zero-order chi connectivity index (χ0) is 17.2. The lowest BCUT2D eigenvalue weighted by Crippen LogP contribution is -1.98. The number of rotatable bonds is 7. The van der Waals surface area contributed by atoms with Crippen molar-refractivity contribution in [1.82, 2.24) is 0 Å². The Kier molecular flexibility index (Phi) is 7.17. The van der Waals surface area contributed by atoms with E-state index in [0.717, 1.165) is 35.1 Å². The summed E-state index contributed by atoms with van der Waals surface area (Å²) in [5, 5.41) is 2.29. The van der Waals surface area contributed by atoms with Gasteiger partial charge in [0, 0.05) is 18.9 Å². The van der Waals surface area contributed by atoms with Crippen LogP contribution in [-0.2, 0) is 9.53 Å². The van der Waals surface area contributed by atoms with Crippen LogP contribution in [0, 0.1) is 11.8 Å². The smallest absolute Gasteiger partial charge is 0.302 e. The maximum Gasteiger partial charge on any atom is 0.302 e. The molecule has 24 heavy (non-hydrogen) atoms.